The summed E-state index contributed by atoms with van der Waals surface area (Å²) >= 11 is 0. The lowest BCUT2D eigenvalue weighted by Crippen LogP contribution is -2.36. The molecule has 0 bridgehead atoms. The molecule has 17 heavy (non-hydrogen) atoms. The minimum Gasteiger partial charge on any atom is -0.354 e. The van der Waals surface area contributed by atoms with Crippen molar-refractivity contribution in [3.63, 3.8) is 0 Å². The Morgan fingerprint density at radius 3 is 2.29 bits per heavy atom. The van der Waals surface area contributed by atoms with Crippen LogP contribution in [-0.4, -0.2) is 24.9 Å². The highest BCUT2D eigenvalue weighted by Crippen LogP contribution is 2.27. The van der Waals surface area contributed by atoms with Crippen molar-refractivity contribution in [3.8, 4) is 0 Å². The molecule has 0 heterocycles. The molecule has 0 aromatic carbocycles. The molecule has 0 atom stereocenters. The van der Waals surface area contributed by atoms with E-state index in [1.807, 2.05) is 13.8 Å². The Morgan fingerprint density at radius 1 is 1.12 bits per heavy atom. The lowest BCUT2D eigenvalue weighted by Gasteiger charge is -2.11. The summed E-state index contributed by atoms with van der Waals surface area (Å²) in [7, 11) is 0. The summed E-state index contributed by atoms with van der Waals surface area (Å²) < 4.78 is 0. The minimum absolute atomic E-state index is 0.00388. The summed E-state index contributed by atoms with van der Waals surface area (Å²) in [5.41, 5.74) is 0. The lowest BCUT2D eigenvalue weighted by atomic mass is 10.0. The van der Waals surface area contributed by atoms with Crippen LogP contribution in [-0.2, 0) is 9.59 Å². The molecule has 0 aromatic heterocycles. The maximum Gasteiger partial charge on any atom is 0.222 e. The predicted octanol–water partition coefficient (Wildman–Crippen LogP) is 1.46. The third-order valence-corrected chi connectivity index (χ3v) is 3.22. The van der Waals surface area contributed by atoms with Crippen molar-refractivity contribution in [1.82, 2.24) is 10.6 Å². The second-order valence-corrected chi connectivity index (χ2v) is 5.15. The first-order chi connectivity index (χ1) is 8.09. The SMILES string of the molecule is CC(C)C(=O)NCCNC(=O)CC1CCCC1. The normalized spacial score (nSPS) is 16.2. The molecule has 1 aliphatic rings. The van der Waals surface area contributed by atoms with E-state index < -0.39 is 0 Å². The number of rotatable bonds is 6. The van der Waals surface area contributed by atoms with Crippen molar-refractivity contribution < 1.29 is 9.59 Å². The van der Waals surface area contributed by atoms with E-state index in [9.17, 15) is 9.59 Å². The minimum atomic E-state index is 0.00388. The summed E-state index contributed by atoms with van der Waals surface area (Å²) in [5, 5.41) is 5.63. The van der Waals surface area contributed by atoms with Crippen LogP contribution in [0.1, 0.15) is 46.0 Å². The van der Waals surface area contributed by atoms with Gasteiger partial charge in [0.1, 0.15) is 0 Å². The Hall–Kier alpha value is -1.06. The van der Waals surface area contributed by atoms with Gasteiger partial charge in [-0.2, -0.15) is 0 Å². The van der Waals surface area contributed by atoms with Crippen LogP contribution in [0.5, 0.6) is 0 Å². The largest absolute Gasteiger partial charge is 0.354 e. The van der Waals surface area contributed by atoms with Crippen LogP contribution in [0.4, 0.5) is 0 Å². The molecule has 0 radical (unpaired) electrons. The average molecular weight is 240 g/mol. The quantitative estimate of drug-likeness (QED) is 0.690. The van der Waals surface area contributed by atoms with Gasteiger partial charge in [0.15, 0.2) is 0 Å². The molecule has 4 nitrogen and oxygen atoms in total. The highest BCUT2D eigenvalue weighted by molar-refractivity contribution is 5.78. The fourth-order valence-corrected chi connectivity index (χ4v) is 2.14. The van der Waals surface area contributed by atoms with Gasteiger partial charge < -0.3 is 10.6 Å². The number of amides is 2. The van der Waals surface area contributed by atoms with Crippen LogP contribution >= 0.6 is 0 Å². The summed E-state index contributed by atoms with van der Waals surface area (Å²) in [6, 6.07) is 0. The number of nitrogens with one attached hydrogen (secondary N) is 2. The topological polar surface area (TPSA) is 58.2 Å². The number of hydrogen-bond acceptors (Lipinski definition) is 2. The van der Waals surface area contributed by atoms with Crippen LogP contribution in [0.15, 0.2) is 0 Å². The molecule has 0 aliphatic heterocycles. The molecule has 0 saturated heterocycles. The maximum atomic E-state index is 11.6. The fourth-order valence-electron chi connectivity index (χ4n) is 2.14. The molecule has 2 amide bonds. The monoisotopic (exact) mass is 240 g/mol. The van der Waals surface area contributed by atoms with Crippen molar-refractivity contribution >= 4 is 11.8 Å². The molecule has 1 fully saturated rings. The van der Waals surface area contributed by atoms with Crippen molar-refractivity contribution in [2.45, 2.75) is 46.0 Å². The smallest absolute Gasteiger partial charge is 0.222 e. The third kappa shape index (κ3) is 5.71. The van der Waals surface area contributed by atoms with Gasteiger partial charge in [0.25, 0.3) is 0 Å². The van der Waals surface area contributed by atoms with Crippen molar-refractivity contribution in [2.75, 3.05) is 13.1 Å². The van der Waals surface area contributed by atoms with E-state index in [4.69, 9.17) is 0 Å². The summed E-state index contributed by atoms with van der Waals surface area (Å²) in [4.78, 5) is 22.8. The molecule has 0 unspecified atom stereocenters. The molecule has 98 valence electrons. The van der Waals surface area contributed by atoms with E-state index in [1.54, 1.807) is 0 Å². The maximum absolute atomic E-state index is 11.6. The Kier molecular flexibility index (Phi) is 6.01. The molecule has 2 N–H and O–H groups in total. The lowest BCUT2D eigenvalue weighted by molar-refractivity contribution is -0.125. The molecule has 1 saturated carbocycles. The van der Waals surface area contributed by atoms with Crippen LogP contribution in [0.3, 0.4) is 0 Å². The van der Waals surface area contributed by atoms with Gasteiger partial charge in [-0.25, -0.2) is 0 Å². The van der Waals surface area contributed by atoms with Crippen LogP contribution in [0.25, 0.3) is 0 Å². The Labute approximate surface area is 104 Å². The van der Waals surface area contributed by atoms with Gasteiger partial charge in [-0.3, -0.25) is 9.59 Å². The second kappa shape index (κ2) is 7.30. The summed E-state index contributed by atoms with van der Waals surface area (Å²) in [6.45, 7) is 4.76. The zero-order chi connectivity index (χ0) is 12.7. The van der Waals surface area contributed by atoms with Crippen LogP contribution in [0, 0.1) is 11.8 Å². The van der Waals surface area contributed by atoms with E-state index in [-0.39, 0.29) is 17.7 Å². The van der Waals surface area contributed by atoms with E-state index in [0.717, 1.165) is 0 Å². The first kappa shape index (κ1) is 14.0. The highest BCUT2D eigenvalue weighted by Gasteiger charge is 2.17. The van der Waals surface area contributed by atoms with Crippen molar-refractivity contribution in [3.05, 3.63) is 0 Å². The van der Waals surface area contributed by atoms with E-state index in [1.165, 1.54) is 25.7 Å². The van der Waals surface area contributed by atoms with E-state index >= 15 is 0 Å². The zero-order valence-corrected chi connectivity index (χ0v) is 10.9. The first-order valence-electron chi connectivity index (χ1n) is 6.64. The molecule has 1 aliphatic carbocycles. The molecular formula is C13H24N2O2. The van der Waals surface area contributed by atoms with Crippen LogP contribution < -0.4 is 10.6 Å². The van der Waals surface area contributed by atoms with Gasteiger partial charge in [0.05, 0.1) is 0 Å². The molecule has 1 rings (SSSR count). The summed E-state index contributed by atoms with van der Waals surface area (Å²) in [6.07, 6.45) is 5.57. The molecule has 0 spiro atoms. The summed E-state index contributed by atoms with van der Waals surface area (Å²) in [5.74, 6) is 0.746. The second-order valence-electron chi connectivity index (χ2n) is 5.15. The molecule has 0 aromatic rings. The standard InChI is InChI=1S/C13H24N2O2/c1-10(2)13(17)15-8-7-14-12(16)9-11-5-3-4-6-11/h10-11H,3-9H2,1-2H3,(H,14,16)(H,15,17). The van der Waals surface area contributed by atoms with E-state index in [0.29, 0.717) is 25.4 Å². The van der Waals surface area contributed by atoms with Gasteiger partial charge >= 0.3 is 0 Å². The van der Waals surface area contributed by atoms with Crippen molar-refractivity contribution in [1.29, 1.82) is 0 Å². The Bertz CT molecular complexity index is 258. The Balaban J connectivity index is 2.02. The van der Waals surface area contributed by atoms with Crippen LogP contribution in [0.2, 0.25) is 0 Å². The molecule has 4 heteroatoms. The van der Waals surface area contributed by atoms with Gasteiger partial charge in [0.2, 0.25) is 11.8 Å². The van der Waals surface area contributed by atoms with Gasteiger partial charge in [-0.1, -0.05) is 26.7 Å². The van der Waals surface area contributed by atoms with Crippen molar-refractivity contribution in [2.24, 2.45) is 11.8 Å². The predicted molar refractivity (Wildman–Crippen MR) is 67.4 cm³/mol. The third-order valence-electron chi connectivity index (χ3n) is 3.22. The van der Waals surface area contributed by atoms with Gasteiger partial charge in [0, 0.05) is 25.4 Å². The zero-order valence-electron chi connectivity index (χ0n) is 10.9. The molecular weight excluding hydrogens is 216 g/mol. The highest BCUT2D eigenvalue weighted by atomic mass is 16.2. The average Bonchev–Trinajstić information content (AvgIpc) is 2.76. The fraction of sp³-hybridized carbons (Fsp3) is 0.846. The van der Waals surface area contributed by atoms with Gasteiger partial charge in [-0.15, -0.1) is 0 Å². The van der Waals surface area contributed by atoms with E-state index in [2.05, 4.69) is 10.6 Å². The first-order valence-corrected chi connectivity index (χ1v) is 6.64. The number of carbonyl (C=O) groups excluding carboxylic acids is 2. The van der Waals surface area contributed by atoms with Gasteiger partial charge in [-0.05, 0) is 18.8 Å². The number of carbonyl (C=O) groups is 2. The number of hydrogen-bond donors (Lipinski definition) is 2. The Morgan fingerprint density at radius 2 is 1.71 bits per heavy atom.